The molecule has 2 rings (SSSR count). The van der Waals surface area contributed by atoms with Crippen LogP contribution in [0.3, 0.4) is 0 Å². The van der Waals surface area contributed by atoms with Gasteiger partial charge in [-0.25, -0.2) is 9.48 Å². The maximum Gasteiger partial charge on any atom is 0.356 e. The highest BCUT2D eigenvalue weighted by molar-refractivity contribution is 5.84. The van der Waals surface area contributed by atoms with E-state index in [9.17, 15) is 9.59 Å². The molecule has 5 heteroatoms. The van der Waals surface area contributed by atoms with Crippen molar-refractivity contribution in [1.82, 2.24) is 9.78 Å². The van der Waals surface area contributed by atoms with Crippen molar-refractivity contribution in [3.63, 3.8) is 0 Å². The summed E-state index contributed by atoms with van der Waals surface area (Å²) in [5.41, 5.74) is -0.282. The molecule has 0 saturated heterocycles. The van der Waals surface area contributed by atoms with Gasteiger partial charge in [0.15, 0.2) is 5.69 Å². The summed E-state index contributed by atoms with van der Waals surface area (Å²) < 4.78 is 1.32. The molecule has 0 aromatic carbocycles. The smallest absolute Gasteiger partial charge is 0.356 e. The van der Waals surface area contributed by atoms with E-state index in [-0.39, 0.29) is 17.3 Å². The first-order valence-corrected chi connectivity index (χ1v) is 5.46. The van der Waals surface area contributed by atoms with Crippen LogP contribution in [0, 0.1) is 5.92 Å². The summed E-state index contributed by atoms with van der Waals surface area (Å²) >= 11 is 0. The second-order valence-electron chi connectivity index (χ2n) is 4.16. The van der Waals surface area contributed by atoms with Crippen LogP contribution in [0.4, 0.5) is 0 Å². The average molecular weight is 222 g/mol. The minimum atomic E-state index is -1.10. The summed E-state index contributed by atoms with van der Waals surface area (Å²) in [6.07, 6.45) is 3.08. The zero-order valence-electron chi connectivity index (χ0n) is 9.09. The predicted octanol–water partition coefficient (Wildman–Crippen LogP) is 1.30. The Bertz CT molecular complexity index is 467. The lowest BCUT2D eigenvalue weighted by Gasteiger charge is -2.03. The number of carboxylic acids is 1. The lowest BCUT2D eigenvalue weighted by Crippen LogP contribution is -2.24. The van der Waals surface area contributed by atoms with Gasteiger partial charge in [-0.05, 0) is 24.8 Å². The number of rotatable bonds is 4. The highest BCUT2D eigenvalue weighted by Gasteiger charge is 2.39. The normalized spacial score (nSPS) is 23.1. The fourth-order valence-electron chi connectivity index (χ4n) is 1.99. The van der Waals surface area contributed by atoms with Crippen molar-refractivity contribution in [1.29, 1.82) is 0 Å². The van der Waals surface area contributed by atoms with Crippen molar-refractivity contribution < 1.29 is 9.90 Å². The molecule has 2 atom stereocenters. The molecule has 1 heterocycles. The Balaban J connectivity index is 2.24. The van der Waals surface area contributed by atoms with E-state index in [4.69, 9.17) is 5.11 Å². The third-order valence-corrected chi connectivity index (χ3v) is 2.90. The molecule has 1 saturated carbocycles. The van der Waals surface area contributed by atoms with Gasteiger partial charge in [0, 0.05) is 6.07 Å². The topological polar surface area (TPSA) is 72.2 Å². The molecule has 1 aliphatic rings. The second kappa shape index (κ2) is 4.08. The number of hydrogen-bond acceptors (Lipinski definition) is 3. The lowest BCUT2D eigenvalue weighted by molar-refractivity contribution is 0.0687. The molecule has 0 amide bonds. The molecule has 5 nitrogen and oxygen atoms in total. The van der Waals surface area contributed by atoms with E-state index in [1.807, 2.05) is 0 Å². The summed E-state index contributed by atoms with van der Waals surface area (Å²) in [4.78, 5) is 22.3. The lowest BCUT2D eigenvalue weighted by atomic mass is 10.2. The van der Waals surface area contributed by atoms with Crippen molar-refractivity contribution in [2.75, 3.05) is 0 Å². The molecule has 1 aromatic rings. The zero-order valence-corrected chi connectivity index (χ0v) is 9.09. The van der Waals surface area contributed by atoms with E-state index >= 15 is 0 Å². The van der Waals surface area contributed by atoms with Crippen molar-refractivity contribution in [3.8, 4) is 0 Å². The molecular weight excluding hydrogens is 208 g/mol. The Morgan fingerprint density at radius 2 is 2.38 bits per heavy atom. The van der Waals surface area contributed by atoms with Gasteiger partial charge < -0.3 is 5.11 Å². The van der Waals surface area contributed by atoms with Gasteiger partial charge in [0.25, 0.3) is 5.56 Å². The molecule has 0 bridgehead atoms. The number of aromatic nitrogens is 2. The molecule has 86 valence electrons. The molecule has 0 spiro atoms. The molecule has 0 aliphatic heterocycles. The van der Waals surface area contributed by atoms with Crippen LogP contribution in [0.15, 0.2) is 16.9 Å². The van der Waals surface area contributed by atoms with E-state index in [0.29, 0.717) is 5.92 Å². The van der Waals surface area contributed by atoms with Gasteiger partial charge in [0.2, 0.25) is 0 Å². The third kappa shape index (κ3) is 1.98. The number of aromatic carboxylic acids is 1. The van der Waals surface area contributed by atoms with Crippen LogP contribution in [0.2, 0.25) is 0 Å². The van der Waals surface area contributed by atoms with Crippen LogP contribution in [0.1, 0.15) is 42.7 Å². The Morgan fingerprint density at radius 1 is 1.62 bits per heavy atom. The molecular formula is C11H14N2O3. The van der Waals surface area contributed by atoms with Crippen LogP contribution < -0.4 is 5.56 Å². The van der Waals surface area contributed by atoms with Crippen LogP contribution in [-0.2, 0) is 0 Å². The minimum absolute atomic E-state index is 0.0678. The SMILES string of the molecule is CCCC1CC1n1nc(C(=O)O)ccc1=O. The number of carboxylic acid groups (broad SMARTS) is 1. The fourth-order valence-corrected chi connectivity index (χ4v) is 1.99. The first-order valence-electron chi connectivity index (χ1n) is 5.46. The van der Waals surface area contributed by atoms with Gasteiger partial charge in [0.1, 0.15) is 0 Å². The maximum atomic E-state index is 11.5. The van der Waals surface area contributed by atoms with Crippen LogP contribution in [0.25, 0.3) is 0 Å². The van der Waals surface area contributed by atoms with Gasteiger partial charge in [-0.1, -0.05) is 13.3 Å². The van der Waals surface area contributed by atoms with E-state index in [1.165, 1.54) is 16.8 Å². The van der Waals surface area contributed by atoms with Gasteiger partial charge in [-0.3, -0.25) is 4.79 Å². The van der Waals surface area contributed by atoms with Gasteiger partial charge in [0.05, 0.1) is 6.04 Å². The summed E-state index contributed by atoms with van der Waals surface area (Å²) in [6, 6.07) is 2.63. The Hall–Kier alpha value is -1.65. The quantitative estimate of drug-likeness (QED) is 0.833. The Labute approximate surface area is 92.7 Å². The summed E-state index contributed by atoms with van der Waals surface area (Å²) in [7, 11) is 0. The van der Waals surface area contributed by atoms with Crippen molar-refractivity contribution >= 4 is 5.97 Å². The first kappa shape index (κ1) is 10.9. The van der Waals surface area contributed by atoms with E-state index in [2.05, 4.69) is 12.0 Å². The minimum Gasteiger partial charge on any atom is -0.476 e. The molecule has 1 aliphatic carbocycles. The highest BCUT2D eigenvalue weighted by Crippen LogP contribution is 2.44. The molecule has 16 heavy (non-hydrogen) atoms. The summed E-state index contributed by atoms with van der Waals surface area (Å²) in [5.74, 6) is -0.610. The highest BCUT2D eigenvalue weighted by atomic mass is 16.4. The number of carbonyl (C=O) groups is 1. The third-order valence-electron chi connectivity index (χ3n) is 2.90. The van der Waals surface area contributed by atoms with Crippen molar-refractivity contribution in [2.24, 2.45) is 5.92 Å². The van der Waals surface area contributed by atoms with Crippen LogP contribution in [0.5, 0.6) is 0 Å². The fraction of sp³-hybridized carbons (Fsp3) is 0.545. The first-order chi connectivity index (χ1) is 7.63. The molecule has 0 radical (unpaired) electrons. The van der Waals surface area contributed by atoms with Crippen LogP contribution in [-0.4, -0.2) is 20.9 Å². The molecule has 1 N–H and O–H groups in total. The zero-order chi connectivity index (χ0) is 11.7. The Kier molecular flexibility index (Phi) is 2.77. The van der Waals surface area contributed by atoms with Crippen molar-refractivity contribution in [3.05, 3.63) is 28.2 Å². The number of nitrogens with zero attached hydrogens (tertiary/aromatic N) is 2. The van der Waals surface area contributed by atoms with Gasteiger partial charge in [-0.2, -0.15) is 5.10 Å². The largest absolute Gasteiger partial charge is 0.476 e. The van der Waals surface area contributed by atoms with Crippen LogP contribution >= 0.6 is 0 Å². The van der Waals surface area contributed by atoms with E-state index in [1.54, 1.807) is 0 Å². The second-order valence-corrected chi connectivity index (χ2v) is 4.16. The number of hydrogen-bond donors (Lipinski definition) is 1. The molecule has 1 aromatic heterocycles. The summed E-state index contributed by atoms with van der Waals surface area (Å²) in [5, 5.41) is 12.7. The molecule has 1 fully saturated rings. The van der Waals surface area contributed by atoms with E-state index in [0.717, 1.165) is 19.3 Å². The Morgan fingerprint density at radius 3 is 3.00 bits per heavy atom. The standard InChI is InChI=1S/C11H14N2O3/c1-2-3-7-6-9(7)13-10(14)5-4-8(12-13)11(15)16/h4-5,7,9H,2-3,6H2,1H3,(H,15,16). The van der Waals surface area contributed by atoms with Gasteiger partial charge >= 0.3 is 5.97 Å². The van der Waals surface area contributed by atoms with E-state index < -0.39 is 5.97 Å². The van der Waals surface area contributed by atoms with Gasteiger partial charge in [-0.15, -0.1) is 0 Å². The molecule has 2 unspecified atom stereocenters. The van der Waals surface area contributed by atoms with Crippen molar-refractivity contribution in [2.45, 2.75) is 32.2 Å². The average Bonchev–Trinajstić information content (AvgIpc) is 2.98. The summed E-state index contributed by atoms with van der Waals surface area (Å²) in [6.45, 7) is 2.10. The predicted molar refractivity (Wildman–Crippen MR) is 57.5 cm³/mol. The monoisotopic (exact) mass is 222 g/mol. The maximum absolute atomic E-state index is 11.5.